The number of piperazine rings is 1. The summed E-state index contributed by atoms with van der Waals surface area (Å²) < 4.78 is 5.83. The summed E-state index contributed by atoms with van der Waals surface area (Å²) in [6.07, 6.45) is 2.32. The fraction of sp³-hybridized carbons (Fsp3) is 0.179. The van der Waals surface area contributed by atoms with E-state index < -0.39 is 5.54 Å². The molecule has 0 radical (unpaired) electrons. The van der Waals surface area contributed by atoms with Crippen LogP contribution >= 0.6 is 0 Å². The van der Waals surface area contributed by atoms with Gasteiger partial charge >= 0.3 is 0 Å². The lowest BCUT2D eigenvalue weighted by Gasteiger charge is -2.48. The average molecular weight is 465 g/mol. The monoisotopic (exact) mass is 464 g/mol. The fourth-order valence-electron chi connectivity index (χ4n) is 5.07. The minimum absolute atomic E-state index is 0.0737. The Bertz CT molecular complexity index is 1460. The van der Waals surface area contributed by atoms with E-state index in [0.717, 1.165) is 33.5 Å². The second-order valence-electron chi connectivity index (χ2n) is 8.98. The van der Waals surface area contributed by atoms with Crippen LogP contribution in [0.5, 0.6) is 11.5 Å². The topological polar surface area (TPSA) is 78.0 Å². The molecule has 3 aromatic carbocycles. The maximum Gasteiger partial charge on any atom is 0.275 e. The molecule has 174 valence electrons. The number of amides is 2. The Morgan fingerprint density at radius 3 is 2.46 bits per heavy atom. The van der Waals surface area contributed by atoms with Crippen molar-refractivity contribution in [1.82, 2.24) is 14.9 Å². The Morgan fingerprint density at radius 1 is 0.943 bits per heavy atom. The highest BCUT2D eigenvalue weighted by atomic mass is 16.5. The summed E-state index contributed by atoms with van der Waals surface area (Å²) in [6.45, 7) is 2.25. The molecule has 3 heterocycles. The Balaban J connectivity index is 1.26. The van der Waals surface area contributed by atoms with Gasteiger partial charge in [-0.25, -0.2) is 5.01 Å². The number of hydrogen-bond acceptors (Lipinski definition) is 4. The van der Waals surface area contributed by atoms with Crippen LogP contribution in [0, 0.1) is 0 Å². The highest BCUT2D eigenvalue weighted by Gasteiger charge is 2.54. The SMILES string of the molecule is C[C@@]12C(=O)N(/N=C/c3ccc(Oc4ccccc4)cc3)CC(=O)N1CCc1c2[nH]c2ccccc12. The van der Waals surface area contributed by atoms with Gasteiger partial charge in [-0.15, -0.1) is 0 Å². The number of H-pyrrole nitrogens is 1. The van der Waals surface area contributed by atoms with Gasteiger partial charge in [-0.3, -0.25) is 9.59 Å². The van der Waals surface area contributed by atoms with Crippen LogP contribution in [0.1, 0.15) is 23.7 Å². The van der Waals surface area contributed by atoms with E-state index in [4.69, 9.17) is 4.74 Å². The quantitative estimate of drug-likeness (QED) is 0.454. The second-order valence-corrected chi connectivity index (χ2v) is 8.98. The van der Waals surface area contributed by atoms with Crippen LogP contribution in [0.25, 0.3) is 10.9 Å². The highest BCUT2D eigenvalue weighted by molar-refractivity contribution is 6.01. The molecule has 2 amide bonds. The van der Waals surface area contributed by atoms with Crippen molar-refractivity contribution in [2.45, 2.75) is 18.9 Å². The van der Waals surface area contributed by atoms with Crippen molar-refractivity contribution < 1.29 is 14.3 Å². The number of nitrogens with zero attached hydrogens (tertiary/aromatic N) is 3. The first-order chi connectivity index (χ1) is 17.0. The molecule has 7 nitrogen and oxygen atoms in total. The van der Waals surface area contributed by atoms with Gasteiger partial charge in [0.15, 0.2) is 5.54 Å². The third kappa shape index (κ3) is 3.47. The maximum atomic E-state index is 13.7. The number of ether oxygens (including phenoxy) is 1. The lowest BCUT2D eigenvalue weighted by Crippen LogP contribution is -2.65. The zero-order valence-electron chi connectivity index (χ0n) is 19.3. The molecule has 2 aliphatic heterocycles. The molecule has 1 saturated heterocycles. The molecule has 4 aromatic rings. The molecule has 1 atom stereocenters. The van der Waals surface area contributed by atoms with Crippen LogP contribution in [-0.2, 0) is 21.5 Å². The summed E-state index contributed by atoms with van der Waals surface area (Å²) in [4.78, 5) is 31.9. The van der Waals surface area contributed by atoms with E-state index in [0.29, 0.717) is 18.7 Å². The van der Waals surface area contributed by atoms with Crippen molar-refractivity contribution in [3.63, 3.8) is 0 Å². The number of para-hydroxylation sites is 2. The summed E-state index contributed by atoms with van der Waals surface area (Å²) in [5, 5.41) is 6.80. The first-order valence-corrected chi connectivity index (χ1v) is 11.6. The predicted molar refractivity (Wildman–Crippen MR) is 133 cm³/mol. The molecular formula is C28H24N4O3. The number of carbonyl (C=O) groups is 2. The number of carbonyl (C=O) groups excluding carboxylic acids is 2. The lowest BCUT2D eigenvalue weighted by atomic mass is 9.83. The molecule has 6 rings (SSSR count). The van der Waals surface area contributed by atoms with Gasteiger partial charge in [0, 0.05) is 17.4 Å². The first kappa shape index (κ1) is 21.2. The van der Waals surface area contributed by atoms with E-state index in [1.165, 1.54) is 5.01 Å². The Kier molecular flexibility index (Phi) is 4.91. The van der Waals surface area contributed by atoms with Crippen LogP contribution in [-0.4, -0.2) is 46.0 Å². The van der Waals surface area contributed by atoms with E-state index in [1.54, 1.807) is 11.1 Å². The number of nitrogens with one attached hydrogen (secondary N) is 1. The van der Waals surface area contributed by atoms with Crippen molar-refractivity contribution in [3.8, 4) is 11.5 Å². The molecule has 0 spiro atoms. The zero-order valence-corrected chi connectivity index (χ0v) is 19.3. The number of rotatable bonds is 4. The van der Waals surface area contributed by atoms with Gasteiger partial charge in [0.25, 0.3) is 5.91 Å². The van der Waals surface area contributed by atoms with E-state index in [9.17, 15) is 9.59 Å². The second kappa shape index (κ2) is 8.13. The van der Waals surface area contributed by atoms with Crippen LogP contribution < -0.4 is 4.74 Å². The van der Waals surface area contributed by atoms with Gasteiger partial charge in [-0.2, -0.15) is 5.10 Å². The minimum atomic E-state index is -1.12. The number of aromatic nitrogens is 1. The van der Waals surface area contributed by atoms with E-state index in [1.807, 2.05) is 79.7 Å². The number of aromatic amines is 1. The zero-order chi connectivity index (χ0) is 24.0. The molecular weight excluding hydrogens is 440 g/mol. The molecule has 0 aliphatic carbocycles. The lowest BCUT2D eigenvalue weighted by molar-refractivity contribution is -0.165. The molecule has 2 aliphatic rings. The highest BCUT2D eigenvalue weighted by Crippen LogP contribution is 2.41. The molecule has 0 bridgehead atoms. The van der Waals surface area contributed by atoms with Gasteiger partial charge in [0.05, 0.1) is 11.9 Å². The third-order valence-corrected chi connectivity index (χ3v) is 6.87. The summed E-state index contributed by atoms with van der Waals surface area (Å²) >= 11 is 0. The van der Waals surface area contributed by atoms with Crippen LogP contribution in [0.2, 0.25) is 0 Å². The van der Waals surface area contributed by atoms with E-state index >= 15 is 0 Å². The van der Waals surface area contributed by atoms with Crippen molar-refractivity contribution >= 4 is 28.9 Å². The Labute approximate surface area is 202 Å². The predicted octanol–water partition coefficient (Wildman–Crippen LogP) is 4.44. The molecule has 1 N–H and O–H groups in total. The smallest absolute Gasteiger partial charge is 0.275 e. The summed E-state index contributed by atoms with van der Waals surface area (Å²) in [5.74, 6) is 1.13. The summed E-state index contributed by atoms with van der Waals surface area (Å²) in [5.41, 5.74) is 2.53. The van der Waals surface area contributed by atoms with Gasteiger partial charge in [-0.05, 0) is 66.9 Å². The average Bonchev–Trinajstić information content (AvgIpc) is 3.27. The standard InChI is InChI=1S/C28H24N4O3/c1-28-26-23(22-9-5-6-10-24(22)30-26)15-16-31(28)25(33)18-32(27(28)34)29-17-19-11-13-21(14-12-19)35-20-7-3-2-4-8-20/h2-14,17,30H,15-16,18H2,1H3/b29-17+/t28-/m1/s1. The minimum Gasteiger partial charge on any atom is -0.457 e. The molecule has 1 aromatic heterocycles. The van der Waals surface area contributed by atoms with Crippen molar-refractivity contribution in [2.75, 3.05) is 13.1 Å². The maximum absolute atomic E-state index is 13.7. The molecule has 0 unspecified atom stereocenters. The van der Waals surface area contributed by atoms with Crippen molar-refractivity contribution in [1.29, 1.82) is 0 Å². The largest absolute Gasteiger partial charge is 0.457 e. The number of fused-ring (bicyclic) bond motifs is 5. The summed E-state index contributed by atoms with van der Waals surface area (Å²) in [7, 11) is 0. The summed E-state index contributed by atoms with van der Waals surface area (Å²) in [6, 6.07) is 25.0. The van der Waals surface area contributed by atoms with Gasteiger partial charge in [0.1, 0.15) is 18.0 Å². The van der Waals surface area contributed by atoms with E-state index in [2.05, 4.69) is 16.2 Å². The Morgan fingerprint density at radius 2 is 1.66 bits per heavy atom. The third-order valence-electron chi connectivity index (χ3n) is 6.87. The van der Waals surface area contributed by atoms with Crippen LogP contribution in [0.3, 0.4) is 0 Å². The Hall–Kier alpha value is -4.39. The number of hydrogen-bond donors (Lipinski definition) is 1. The fourth-order valence-corrected chi connectivity index (χ4v) is 5.07. The van der Waals surface area contributed by atoms with E-state index in [-0.39, 0.29) is 18.4 Å². The van der Waals surface area contributed by atoms with Gasteiger partial charge in [0.2, 0.25) is 5.91 Å². The first-order valence-electron chi connectivity index (χ1n) is 11.6. The molecule has 1 fully saturated rings. The van der Waals surface area contributed by atoms with Crippen molar-refractivity contribution in [3.05, 3.63) is 95.7 Å². The van der Waals surface area contributed by atoms with Crippen LogP contribution in [0.4, 0.5) is 0 Å². The van der Waals surface area contributed by atoms with Crippen molar-refractivity contribution in [2.24, 2.45) is 5.10 Å². The van der Waals surface area contributed by atoms with Gasteiger partial charge < -0.3 is 14.6 Å². The normalized spacial score (nSPS) is 19.8. The number of benzene rings is 3. The van der Waals surface area contributed by atoms with Gasteiger partial charge in [-0.1, -0.05) is 36.4 Å². The molecule has 7 heteroatoms. The molecule has 35 heavy (non-hydrogen) atoms. The van der Waals surface area contributed by atoms with Crippen LogP contribution in [0.15, 0.2) is 84.0 Å². The number of hydrazone groups is 1. The molecule has 0 saturated carbocycles.